The van der Waals surface area contributed by atoms with E-state index in [2.05, 4.69) is 31.6 Å². The maximum absolute atomic E-state index is 16.7. The topological polar surface area (TPSA) is 90.5 Å². The van der Waals surface area contributed by atoms with Crippen LogP contribution in [-0.2, 0) is 4.79 Å². The normalized spacial score (nSPS) is 18.5. The number of nitrogens with zero attached hydrogens (tertiary/aromatic N) is 6. The van der Waals surface area contributed by atoms with Crippen LogP contribution in [0, 0.1) is 18.7 Å². The van der Waals surface area contributed by atoms with Crippen molar-refractivity contribution in [2.45, 2.75) is 38.6 Å². The first-order valence-electron chi connectivity index (χ1n) is 15.1. The second-order valence-electron chi connectivity index (χ2n) is 11.9. The lowest BCUT2D eigenvalue weighted by Crippen LogP contribution is -2.48. The molecule has 4 aromatic rings. The van der Waals surface area contributed by atoms with Gasteiger partial charge in [0.2, 0.25) is 5.91 Å². The molecule has 1 N–H and O–H groups in total. The summed E-state index contributed by atoms with van der Waals surface area (Å²) in [5.41, 5.74) is 2.79. The van der Waals surface area contributed by atoms with Gasteiger partial charge in [-0.05, 0) is 75.4 Å². The number of halogens is 2. The van der Waals surface area contributed by atoms with Crippen molar-refractivity contribution in [2.24, 2.45) is 5.92 Å². The third-order valence-corrected chi connectivity index (χ3v) is 9.45. The number of rotatable bonds is 7. The summed E-state index contributed by atoms with van der Waals surface area (Å²) >= 11 is 6.87. The van der Waals surface area contributed by atoms with Gasteiger partial charge in [0.1, 0.15) is 11.3 Å². The highest BCUT2D eigenvalue weighted by atomic mass is 35.5. The van der Waals surface area contributed by atoms with E-state index in [4.69, 9.17) is 21.3 Å². The van der Waals surface area contributed by atoms with Crippen molar-refractivity contribution in [3.63, 3.8) is 0 Å². The molecule has 2 aromatic heterocycles. The van der Waals surface area contributed by atoms with E-state index in [0.717, 1.165) is 48.4 Å². The van der Waals surface area contributed by atoms with Gasteiger partial charge < -0.3 is 19.4 Å². The van der Waals surface area contributed by atoms with Crippen LogP contribution in [0.25, 0.3) is 32.9 Å². The highest BCUT2D eigenvalue weighted by Crippen LogP contribution is 2.42. The van der Waals surface area contributed by atoms with Crippen molar-refractivity contribution < 1.29 is 13.9 Å². The van der Waals surface area contributed by atoms with E-state index in [0.29, 0.717) is 55.5 Å². The summed E-state index contributed by atoms with van der Waals surface area (Å²) < 4.78 is 23.0. The molecule has 1 amide bonds. The van der Waals surface area contributed by atoms with Gasteiger partial charge in [-0.1, -0.05) is 24.2 Å². The van der Waals surface area contributed by atoms with Crippen molar-refractivity contribution >= 4 is 45.1 Å². The number of piperazine rings is 1. The molecule has 11 heteroatoms. The fourth-order valence-electron chi connectivity index (χ4n) is 6.54. The monoisotopic (exact) mass is 603 g/mol. The summed E-state index contributed by atoms with van der Waals surface area (Å²) in [6, 6.07) is 6.53. The fraction of sp³-hybridized carbons (Fsp3) is 0.438. The Morgan fingerprint density at radius 2 is 1.86 bits per heavy atom. The third kappa shape index (κ3) is 5.31. The molecule has 43 heavy (non-hydrogen) atoms. The quantitative estimate of drug-likeness (QED) is 0.284. The Morgan fingerprint density at radius 3 is 2.58 bits per heavy atom. The molecule has 0 atom stereocenters. The van der Waals surface area contributed by atoms with Gasteiger partial charge in [0.05, 0.1) is 23.3 Å². The number of carbonyl (C=O) groups excluding carboxylic acids is 1. The standard InChI is InChI=1S/C32H35ClFN7O2/c1-3-26(42)40-12-14-41(15-13-40)31-22-16-24(33)28(27-19(2)4-7-25-23(27)17-35-38-25)29(34)30(22)36-32(37-31)43-18-20-8-10-39(11-9-20)21-5-6-21/h3-4,7,16-17,20-21H,1,5-6,8-15,18H2,2H3,(H,35,38). The Bertz CT molecular complexity index is 1710. The summed E-state index contributed by atoms with van der Waals surface area (Å²) in [6.07, 6.45) is 7.79. The number of amides is 1. The number of benzene rings is 2. The van der Waals surface area contributed by atoms with Crippen molar-refractivity contribution in [3.8, 4) is 17.1 Å². The van der Waals surface area contributed by atoms with Crippen LogP contribution in [0.15, 0.2) is 37.1 Å². The molecule has 0 unspecified atom stereocenters. The minimum Gasteiger partial charge on any atom is -0.463 e. The van der Waals surface area contributed by atoms with Crippen LogP contribution >= 0.6 is 11.6 Å². The third-order valence-electron chi connectivity index (χ3n) is 9.15. The Labute approximate surface area is 254 Å². The largest absolute Gasteiger partial charge is 0.463 e. The van der Waals surface area contributed by atoms with Crippen molar-refractivity contribution in [1.29, 1.82) is 0 Å². The number of hydrogen-bond acceptors (Lipinski definition) is 7. The molecule has 9 nitrogen and oxygen atoms in total. The molecule has 2 aliphatic heterocycles. The Morgan fingerprint density at radius 1 is 1.09 bits per heavy atom. The van der Waals surface area contributed by atoms with Gasteiger partial charge in [0.15, 0.2) is 5.82 Å². The van der Waals surface area contributed by atoms with Crippen LogP contribution in [0.3, 0.4) is 0 Å². The molecular weight excluding hydrogens is 569 g/mol. The molecule has 0 bridgehead atoms. The first-order chi connectivity index (χ1) is 20.9. The summed E-state index contributed by atoms with van der Waals surface area (Å²) in [4.78, 5) is 28.0. The van der Waals surface area contributed by atoms with E-state index in [1.165, 1.54) is 18.9 Å². The number of H-pyrrole nitrogens is 1. The van der Waals surface area contributed by atoms with Gasteiger partial charge in [-0.3, -0.25) is 9.89 Å². The minimum atomic E-state index is -0.522. The van der Waals surface area contributed by atoms with E-state index in [9.17, 15) is 4.79 Å². The highest BCUT2D eigenvalue weighted by molar-refractivity contribution is 6.35. The zero-order chi connectivity index (χ0) is 29.7. The minimum absolute atomic E-state index is 0.105. The SMILES string of the molecule is C=CC(=O)N1CCN(c2nc(OCC3CCN(C4CC4)CC3)nc3c(F)c(-c4c(C)ccc5[nH]ncc45)c(Cl)cc23)CC1. The maximum Gasteiger partial charge on any atom is 0.319 e. The number of nitrogens with one attached hydrogen (secondary N) is 1. The van der Waals surface area contributed by atoms with Gasteiger partial charge in [-0.15, -0.1) is 0 Å². The number of aryl methyl sites for hydroxylation is 1. The number of likely N-dealkylation sites (tertiary alicyclic amines) is 1. The number of aromatic amines is 1. The second kappa shape index (κ2) is 11.4. The van der Waals surface area contributed by atoms with E-state index in [1.807, 2.05) is 19.1 Å². The molecule has 3 aliphatic rings. The van der Waals surface area contributed by atoms with E-state index < -0.39 is 5.82 Å². The average molecular weight is 604 g/mol. The number of aromatic nitrogens is 4. The molecule has 3 fully saturated rings. The van der Waals surface area contributed by atoms with Gasteiger partial charge in [0, 0.05) is 54.1 Å². The molecular formula is C32H35ClFN7O2. The predicted molar refractivity (Wildman–Crippen MR) is 166 cm³/mol. The lowest BCUT2D eigenvalue weighted by molar-refractivity contribution is -0.126. The first kappa shape index (κ1) is 28.0. The van der Waals surface area contributed by atoms with Crippen molar-refractivity contribution in [1.82, 2.24) is 30.0 Å². The lowest BCUT2D eigenvalue weighted by atomic mass is 9.95. The summed E-state index contributed by atoms with van der Waals surface area (Å²) in [6.45, 7) is 10.3. The fourth-order valence-corrected chi connectivity index (χ4v) is 6.82. The predicted octanol–water partition coefficient (Wildman–Crippen LogP) is 5.36. The van der Waals surface area contributed by atoms with Crippen molar-refractivity contribution in [2.75, 3.05) is 50.8 Å². The number of ether oxygens (including phenoxy) is 1. The number of carbonyl (C=O) groups is 1. The first-order valence-corrected chi connectivity index (χ1v) is 15.4. The number of anilines is 1. The number of fused-ring (bicyclic) bond motifs is 2. The van der Waals surface area contributed by atoms with Crippen LogP contribution in [0.2, 0.25) is 5.02 Å². The summed E-state index contributed by atoms with van der Waals surface area (Å²) in [5.74, 6) is 0.329. The van der Waals surface area contributed by atoms with Gasteiger partial charge in [-0.2, -0.15) is 15.1 Å². The van der Waals surface area contributed by atoms with E-state index in [-0.39, 0.29) is 28.0 Å². The van der Waals surface area contributed by atoms with Crippen LogP contribution in [0.4, 0.5) is 10.2 Å². The average Bonchev–Trinajstić information content (AvgIpc) is 3.77. The lowest BCUT2D eigenvalue weighted by Gasteiger charge is -2.35. The van der Waals surface area contributed by atoms with Crippen LogP contribution in [0.5, 0.6) is 6.01 Å². The molecule has 2 aromatic carbocycles. The Kier molecular flexibility index (Phi) is 7.43. The summed E-state index contributed by atoms with van der Waals surface area (Å²) in [5, 5.41) is 8.70. The van der Waals surface area contributed by atoms with E-state index >= 15 is 4.39 Å². The second-order valence-corrected chi connectivity index (χ2v) is 12.3. The number of piperidine rings is 1. The van der Waals surface area contributed by atoms with Gasteiger partial charge in [0.25, 0.3) is 0 Å². The highest BCUT2D eigenvalue weighted by Gasteiger charge is 2.32. The molecule has 224 valence electrons. The van der Waals surface area contributed by atoms with Crippen LogP contribution < -0.4 is 9.64 Å². The van der Waals surface area contributed by atoms with Crippen LogP contribution in [-0.4, -0.2) is 87.8 Å². The number of hydrogen-bond donors (Lipinski definition) is 1. The maximum atomic E-state index is 16.7. The Balaban J connectivity index is 1.26. The van der Waals surface area contributed by atoms with Gasteiger partial charge in [-0.25, -0.2) is 4.39 Å². The molecule has 2 saturated heterocycles. The molecule has 1 aliphatic carbocycles. The molecule has 0 spiro atoms. The zero-order valence-corrected chi connectivity index (χ0v) is 25.0. The molecule has 4 heterocycles. The van der Waals surface area contributed by atoms with E-state index in [1.54, 1.807) is 17.2 Å². The molecule has 1 saturated carbocycles. The zero-order valence-electron chi connectivity index (χ0n) is 24.3. The van der Waals surface area contributed by atoms with Gasteiger partial charge >= 0.3 is 6.01 Å². The molecule has 0 radical (unpaired) electrons. The molecule has 7 rings (SSSR count). The van der Waals surface area contributed by atoms with Crippen molar-refractivity contribution in [3.05, 3.63) is 53.5 Å². The van der Waals surface area contributed by atoms with Crippen LogP contribution in [0.1, 0.15) is 31.2 Å². The smallest absolute Gasteiger partial charge is 0.319 e. The Hall–Kier alpha value is -3.76. The summed E-state index contributed by atoms with van der Waals surface area (Å²) in [7, 11) is 0.